The van der Waals surface area contributed by atoms with Crippen molar-refractivity contribution in [3.63, 3.8) is 0 Å². The van der Waals surface area contributed by atoms with Crippen LogP contribution < -0.4 is 5.32 Å². The first-order chi connectivity index (χ1) is 8.69. The van der Waals surface area contributed by atoms with Crippen LogP contribution in [0.5, 0.6) is 0 Å². The number of benzene rings is 1. The van der Waals surface area contributed by atoms with Crippen molar-refractivity contribution in [2.45, 2.75) is 26.7 Å². The zero-order valence-electron chi connectivity index (χ0n) is 10.9. The number of aliphatic hydroxyl groups is 1. The Balaban J connectivity index is 2.81. The molecule has 0 saturated heterocycles. The fourth-order valence-corrected chi connectivity index (χ4v) is 1.66. The van der Waals surface area contributed by atoms with Gasteiger partial charge in [-0.2, -0.15) is 0 Å². The van der Waals surface area contributed by atoms with Crippen LogP contribution in [0.1, 0.15) is 32.3 Å². The zero-order valence-corrected chi connectivity index (χ0v) is 10.9. The third kappa shape index (κ3) is 4.23. The zero-order chi connectivity index (χ0) is 13.4. The standard InChI is InChI=1S/C15H19NO2/c1-3-7-12(2)15(18)16-14-10-5-4-8-13(14)9-6-11-17/h4-5,8,10,12,17H,3,7,11H2,1-2H3,(H,16,18). The molecular formula is C15H19NO2. The van der Waals surface area contributed by atoms with Crippen LogP contribution in [0.15, 0.2) is 24.3 Å². The average molecular weight is 245 g/mol. The maximum atomic E-state index is 11.9. The van der Waals surface area contributed by atoms with Gasteiger partial charge in [0.2, 0.25) is 5.91 Å². The average Bonchev–Trinajstić information content (AvgIpc) is 2.38. The van der Waals surface area contributed by atoms with Crippen LogP contribution in [-0.4, -0.2) is 17.6 Å². The summed E-state index contributed by atoms with van der Waals surface area (Å²) in [6.07, 6.45) is 1.86. The van der Waals surface area contributed by atoms with Crippen LogP contribution >= 0.6 is 0 Å². The number of hydrogen-bond donors (Lipinski definition) is 2. The summed E-state index contributed by atoms with van der Waals surface area (Å²) in [6, 6.07) is 7.34. The van der Waals surface area contributed by atoms with Crippen molar-refractivity contribution in [2.24, 2.45) is 5.92 Å². The Morgan fingerprint density at radius 1 is 1.44 bits per heavy atom. The fraction of sp³-hybridized carbons (Fsp3) is 0.400. The first-order valence-electron chi connectivity index (χ1n) is 6.18. The summed E-state index contributed by atoms with van der Waals surface area (Å²) in [7, 11) is 0. The topological polar surface area (TPSA) is 49.3 Å². The Morgan fingerprint density at radius 3 is 2.83 bits per heavy atom. The van der Waals surface area contributed by atoms with Crippen molar-refractivity contribution < 1.29 is 9.90 Å². The lowest BCUT2D eigenvalue weighted by Gasteiger charge is -2.12. The van der Waals surface area contributed by atoms with E-state index in [0.29, 0.717) is 5.69 Å². The monoisotopic (exact) mass is 245 g/mol. The lowest BCUT2D eigenvalue weighted by atomic mass is 10.0. The van der Waals surface area contributed by atoms with E-state index in [1.54, 1.807) is 0 Å². The van der Waals surface area contributed by atoms with Crippen molar-refractivity contribution >= 4 is 11.6 Å². The summed E-state index contributed by atoms with van der Waals surface area (Å²) < 4.78 is 0. The van der Waals surface area contributed by atoms with Crippen LogP contribution in [0, 0.1) is 17.8 Å². The van der Waals surface area contributed by atoms with Crippen molar-refractivity contribution in [3.8, 4) is 11.8 Å². The molecule has 3 nitrogen and oxygen atoms in total. The highest BCUT2D eigenvalue weighted by atomic mass is 16.2. The summed E-state index contributed by atoms with van der Waals surface area (Å²) in [4.78, 5) is 11.9. The molecule has 18 heavy (non-hydrogen) atoms. The fourth-order valence-electron chi connectivity index (χ4n) is 1.66. The first-order valence-corrected chi connectivity index (χ1v) is 6.18. The van der Waals surface area contributed by atoms with Gasteiger partial charge in [-0.15, -0.1) is 0 Å². The van der Waals surface area contributed by atoms with Crippen LogP contribution in [0.2, 0.25) is 0 Å². The van der Waals surface area contributed by atoms with E-state index >= 15 is 0 Å². The molecule has 1 atom stereocenters. The maximum absolute atomic E-state index is 11.9. The molecule has 3 heteroatoms. The molecule has 0 aliphatic heterocycles. The molecule has 0 radical (unpaired) electrons. The highest BCUT2D eigenvalue weighted by Gasteiger charge is 2.12. The molecule has 0 saturated carbocycles. The number of aliphatic hydroxyl groups excluding tert-OH is 1. The maximum Gasteiger partial charge on any atom is 0.227 e. The summed E-state index contributed by atoms with van der Waals surface area (Å²) in [5.74, 6) is 5.41. The number of carbonyl (C=O) groups excluding carboxylic acids is 1. The van der Waals surface area contributed by atoms with Gasteiger partial charge in [-0.1, -0.05) is 44.2 Å². The summed E-state index contributed by atoms with van der Waals surface area (Å²) >= 11 is 0. The van der Waals surface area contributed by atoms with Gasteiger partial charge in [0.25, 0.3) is 0 Å². The van der Waals surface area contributed by atoms with Gasteiger partial charge in [-0.25, -0.2) is 0 Å². The van der Waals surface area contributed by atoms with E-state index in [9.17, 15) is 4.79 Å². The highest BCUT2D eigenvalue weighted by molar-refractivity contribution is 5.93. The second-order valence-corrected chi connectivity index (χ2v) is 4.18. The smallest absolute Gasteiger partial charge is 0.227 e. The molecule has 1 aromatic carbocycles. The Morgan fingerprint density at radius 2 is 2.17 bits per heavy atom. The number of rotatable bonds is 4. The van der Waals surface area contributed by atoms with E-state index in [1.807, 2.05) is 31.2 Å². The minimum Gasteiger partial charge on any atom is -0.384 e. The Bertz CT molecular complexity index is 457. The van der Waals surface area contributed by atoms with Crippen LogP contribution in [0.3, 0.4) is 0 Å². The lowest BCUT2D eigenvalue weighted by molar-refractivity contribution is -0.119. The molecule has 0 fully saturated rings. The summed E-state index contributed by atoms with van der Waals surface area (Å²) in [5.41, 5.74) is 1.43. The number of para-hydroxylation sites is 1. The van der Waals surface area contributed by atoms with Gasteiger partial charge in [0.1, 0.15) is 6.61 Å². The molecular weight excluding hydrogens is 226 g/mol. The van der Waals surface area contributed by atoms with E-state index in [4.69, 9.17) is 5.11 Å². The summed E-state index contributed by atoms with van der Waals surface area (Å²) in [6.45, 7) is 3.79. The van der Waals surface area contributed by atoms with Crippen molar-refractivity contribution in [1.29, 1.82) is 0 Å². The van der Waals surface area contributed by atoms with E-state index in [2.05, 4.69) is 24.1 Å². The largest absolute Gasteiger partial charge is 0.384 e. The van der Waals surface area contributed by atoms with Crippen LogP contribution in [0.25, 0.3) is 0 Å². The Kier molecular flexibility index (Phi) is 5.96. The van der Waals surface area contributed by atoms with E-state index in [-0.39, 0.29) is 18.4 Å². The van der Waals surface area contributed by atoms with E-state index in [1.165, 1.54) is 0 Å². The lowest BCUT2D eigenvalue weighted by Crippen LogP contribution is -2.20. The van der Waals surface area contributed by atoms with Gasteiger partial charge >= 0.3 is 0 Å². The van der Waals surface area contributed by atoms with E-state index < -0.39 is 0 Å². The van der Waals surface area contributed by atoms with Gasteiger partial charge in [-0.3, -0.25) is 4.79 Å². The molecule has 0 aliphatic carbocycles. The third-order valence-corrected chi connectivity index (χ3v) is 2.66. The molecule has 96 valence electrons. The number of hydrogen-bond acceptors (Lipinski definition) is 2. The molecule has 0 heterocycles. The molecule has 1 rings (SSSR count). The van der Waals surface area contributed by atoms with E-state index in [0.717, 1.165) is 18.4 Å². The number of amides is 1. The minimum atomic E-state index is -0.186. The number of anilines is 1. The third-order valence-electron chi connectivity index (χ3n) is 2.66. The summed E-state index contributed by atoms with van der Waals surface area (Å²) in [5, 5.41) is 11.6. The second kappa shape index (κ2) is 7.52. The molecule has 0 aliphatic rings. The van der Waals surface area contributed by atoms with Crippen molar-refractivity contribution in [2.75, 3.05) is 11.9 Å². The molecule has 0 spiro atoms. The van der Waals surface area contributed by atoms with Gasteiger partial charge in [0, 0.05) is 11.5 Å². The minimum absolute atomic E-state index is 0.00569. The molecule has 2 N–H and O–H groups in total. The molecule has 1 unspecified atom stereocenters. The van der Waals surface area contributed by atoms with Gasteiger partial charge in [-0.05, 0) is 18.6 Å². The predicted octanol–water partition coefficient (Wildman–Crippen LogP) is 2.41. The number of carbonyl (C=O) groups is 1. The van der Waals surface area contributed by atoms with Crippen molar-refractivity contribution in [3.05, 3.63) is 29.8 Å². The molecule has 1 amide bonds. The van der Waals surface area contributed by atoms with Crippen LogP contribution in [0.4, 0.5) is 5.69 Å². The van der Waals surface area contributed by atoms with Gasteiger partial charge in [0.05, 0.1) is 5.69 Å². The Hall–Kier alpha value is -1.79. The number of nitrogens with one attached hydrogen (secondary N) is 1. The van der Waals surface area contributed by atoms with Gasteiger partial charge < -0.3 is 10.4 Å². The quantitative estimate of drug-likeness (QED) is 0.800. The molecule has 0 aromatic heterocycles. The second-order valence-electron chi connectivity index (χ2n) is 4.18. The van der Waals surface area contributed by atoms with Gasteiger partial charge in [0.15, 0.2) is 0 Å². The Labute approximate surface area is 108 Å². The van der Waals surface area contributed by atoms with Crippen molar-refractivity contribution in [1.82, 2.24) is 0 Å². The normalized spacial score (nSPS) is 11.3. The molecule has 0 bridgehead atoms. The highest BCUT2D eigenvalue weighted by Crippen LogP contribution is 2.16. The first kappa shape index (κ1) is 14.3. The van der Waals surface area contributed by atoms with Crippen LogP contribution in [-0.2, 0) is 4.79 Å². The predicted molar refractivity (Wildman–Crippen MR) is 73.1 cm³/mol. The SMILES string of the molecule is CCCC(C)C(=O)Nc1ccccc1C#CCO. The molecule has 1 aromatic rings.